The highest BCUT2D eigenvalue weighted by Crippen LogP contribution is 2.52. The van der Waals surface area contributed by atoms with Gasteiger partial charge in [0.2, 0.25) is 5.78 Å². The highest BCUT2D eigenvalue weighted by atomic mass is 16.4. The number of rotatable bonds is 3. The first-order valence-corrected chi connectivity index (χ1v) is 10.3. The van der Waals surface area contributed by atoms with Gasteiger partial charge in [0.25, 0.3) is 5.91 Å². The standard InChI is InChI=1S/C21H20N4O9/c22-8-3-9-16(34-20(32)25-9)11-6(8)1-5-2-7-13(24-4-26)15(28)12(19(23)31)18(30)21(7,33)17(29)10(5)14(11)27/h3,5,7,13,24,26-27,30,33H,1-2,4,22H2,(H2,23,31)(H,25,32)/t5-,7-,13+,21-/m0/s1. The van der Waals surface area contributed by atoms with Crippen molar-refractivity contribution in [3.05, 3.63) is 44.6 Å². The van der Waals surface area contributed by atoms with Gasteiger partial charge in [0.15, 0.2) is 17.0 Å². The minimum Gasteiger partial charge on any atom is -0.508 e. The molecular weight excluding hydrogens is 452 g/mol. The number of primary amides is 1. The maximum Gasteiger partial charge on any atom is 0.417 e. The molecular formula is C21H20N4O9. The number of H-pyrrole nitrogens is 1. The number of amides is 1. The molecule has 3 aliphatic rings. The first-order valence-electron chi connectivity index (χ1n) is 10.3. The van der Waals surface area contributed by atoms with Crippen molar-refractivity contribution < 1.29 is 39.2 Å². The van der Waals surface area contributed by atoms with Gasteiger partial charge in [-0.1, -0.05) is 0 Å². The summed E-state index contributed by atoms with van der Waals surface area (Å²) in [6.07, 6.45) is -0.0357. The Morgan fingerprint density at radius 1 is 1.29 bits per heavy atom. The summed E-state index contributed by atoms with van der Waals surface area (Å²) in [7, 11) is 0. The van der Waals surface area contributed by atoms with E-state index in [0.717, 1.165) is 0 Å². The van der Waals surface area contributed by atoms with Crippen molar-refractivity contribution in [2.24, 2.45) is 17.6 Å². The molecule has 0 bridgehead atoms. The van der Waals surface area contributed by atoms with Crippen molar-refractivity contribution in [2.45, 2.75) is 24.5 Å². The van der Waals surface area contributed by atoms with E-state index in [4.69, 9.17) is 15.9 Å². The van der Waals surface area contributed by atoms with Gasteiger partial charge in [0, 0.05) is 17.2 Å². The second-order valence-corrected chi connectivity index (χ2v) is 8.60. The van der Waals surface area contributed by atoms with Gasteiger partial charge in [-0.3, -0.25) is 24.7 Å². The smallest absolute Gasteiger partial charge is 0.417 e. The summed E-state index contributed by atoms with van der Waals surface area (Å²) < 4.78 is 5.13. The highest BCUT2D eigenvalue weighted by molar-refractivity contribution is 6.24. The number of benzene rings is 1. The van der Waals surface area contributed by atoms with Gasteiger partial charge in [-0.05, 0) is 30.4 Å². The zero-order chi connectivity index (χ0) is 24.7. The number of carbonyl (C=O) groups is 3. The van der Waals surface area contributed by atoms with Crippen LogP contribution in [0.3, 0.4) is 0 Å². The van der Waals surface area contributed by atoms with Crippen LogP contribution >= 0.6 is 0 Å². The Bertz CT molecular complexity index is 1430. The largest absolute Gasteiger partial charge is 0.508 e. The van der Waals surface area contributed by atoms with Gasteiger partial charge in [-0.15, -0.1) is 0 Å². The molecule has 34 heavy (non-hydrogen) atoms. The summed E-state index contributed by atoms with van der Waals surface area (Å²) in [5.74, 6) is -8.21. The Kier molecular flexibility index (Phi) is 4.52. The Balaban J connectivity index is 1.78. The van der Waals surface area contributed by atoms with Crippen LogP contribution in [-0.2, 0) is 20.8 Å². The third-order valence-corrected chi connectivity index (χ3v) is 6.96. The Morgan fingerprint density at radius 3 is 2.65 bits per heavy atom. The molecule has 4 atom stereocenters. The third kappa shape index (κ3) is 2.59. The topological polar surface area (TPSA) is 242 Å². The lowest BCUT2D eigenvalue weighted by Crippen LogP contribution is -2.66. The number of aromatic nitrogens is 1. The number of aliphatic hydroxyl groups is 4. The van der Waals surface area contributed by atoms with Gasteiger partial charge in [-0.25, -0.2) is 4.79 Å². The van der Waals surface area contributed by atoms with Crippen molar-refractivity contribution in [1.82, 2.24) is 10.3 Å². The van der Waals surface area contributed by atoms with Crippen LogP contribution in [0.5, 0.6) is 0 Å². The Hall–Kier alpha value is -3.94. The fourth-order valence-corrected chi connectivity index (χ4v) is 5.52. The molecule has 3 aliphatic carbocycles. The summed E-state index contributed by atoms with van der Waals surface area (Å²) in [6, 6.07) is 0.0247. The van der Waals surface area contributed by atoms with E-state index < -0.39 is 70.5 Å². The molecule has 1 amide bonds. The quantitative estimate of drug-likeness (QED) is 0.141. The van der Waals surface area contributed by atoms with Crippen LogP contribution in [0.4, 0.5) is 5.69 Å². The average molecular weight is 472 g/mol. The van der Waals surface area contributed by atoms with Crippen LogP contribution in [0.1, 0.15) is 17.5 Å². The molecule has 13 nitrogen and oxygen atoms in total. The highest BCUT2D eigenvalue weighted by Gasteiger charge is 2.63. The number of aromatic amines is 1. The molecule has 0 radical (unpaired) electrons. The number of nitrogen functional groups attached to an aromatic ring is 1. The first-order chi connectivity index (χ1) is 16.0. The second kappa shape index (κ2) is 7.03. The molecule has 1 heterocycles. The molecule has 5 rings (SSSR count). The van der Waals surface area contributed by atoms with E-state index in [-0.39, 0.29) is 40.8 Å². The SMILES string of the molecule is NC(=O)C1=C(O)[C@@]2(O)C(=O)C3=C(O)c4c(c(N)cc5[nH]c(=O)oc45)C[C@H]3C[C@H]2[C@@H](NCO)C1=O. The molecule has 1 aromatic heterocycles. The summed E-state index contributed by atoms with van der Waals surface area (Å²) >= 11 is 0. The number of hydrogen-bond donors (Lipinski definition) is 8. The van der Waals surface area contributed by atoms with E-state index in [9.17, 15) is 39.6 Å². The molecule has 1 saturated carbocycles. The maximum atomic E-state index is 13.7. The minimum absolute atomic E-state index is 0.00878. The second-order valence-electron chi connectivity index (χ2n) is 8.60. The number of hydrogen-bond acceptors (Lipinski definition) is 11. The third-order valence-electron chi connectivity index (χ3n) is 6.96. The molecule has 2 aromatic rings. The van der Waals surface area contributed by atoms with Crippen LogP contribution in [0, 0.1) is 11.8 Å². The fourth-order valence-electron chi connectivity index (χ4n) is 5.52. The predicted molar refractivity (Wildman–Crippen MR) is 114 cm³/mol. The van der Waals surface area contributed by atoms with Crippen LogP contribution < -0.4 is 22.5 Å². The number of oxazole rings is 1. The zero-order valence-electron chi connectivity index (χ0n) is 17.4. The van der Waals surface area contributed by atoms with Gasteiger partial charge in [-0.2, -0.15) is 0 Å². The van der Waals surface area contributed by atoms with Gasteiger partial charge in [0.05, 0.1) is 23.9 Å². The predicted octanol–water partition coefficient (Wildman–Crippen LogP) is -1.75. The lowest BCUT2D eigenvalue weighted by atomic mass is 9.57. The lowest BCUT2D eigenvalue weighted by molar-refractivity contribution is -0.150. The number of nitrogens with two attached hydrogens (primary N) is 2. The molecule has 10 N–H and O–H groups in total. The normalized spacial score (nSPS) is 28.7. The summed E-state index contributed by atoms with van der Waals surface area (Å²) in [5, 5.41) is 45.1. The van der Waals surface area contributed by atoms with Gasteiger partial charge < -0.3 is 36.3 Å². The van der Waals surface area contributed by atoms with Crippen molar-refractivity contribution >= 4 is 40.0 Å². The molecule has 178 valence electrons. The summed E-state index contributed by atoms with van der Waals surface area (Å²) in [5.41, 5.74) is 8.04. The minimum atomic E-state index is -2.79. The van der Waals surface area contributed by atoms with E-state index >= 15 is 0 Å². The van der Waals surface area contributed by atoms with E-state index in [1.165, 1.54) is 6.07 Å². The van der Waals surface area contributed by atoms with Gasteiger partial charge >= 0.3 is 5.76 Å². The van der Waals surface area contributed by atoms with Crippen molar-refractivity contribution in [3.63, 3.8) is 0 Å². The molecule has 1 aromatic carbocycles. The maximum absolute atomic E-state index is 13.7. The van der Waals surface area contributed by atoms with E-state index in [1.807, 2.05) is 0 Å². The van der Waals surface area contributed by atoms with Crippen LogP contribution in [0.15, 0.2) is 32.2 Å². The zero-order valence-corrected chi connectivity index (χ0v) is 17.4. The van der Waals surface area contributed by atoms with E-state index in [1.54, 1.807) is 0 Å². The Labute approximate surface area is 189 Å². The van der Waals surface area contributed by atoms with Crippen LogP contribution in [-0.4, -0.2) is 61.3 Å². The molecule has 0 spiro atoms. The van der Waals surface area contributed by atoms with Gasteiger partial charge in [0.1, 0.15) is 17.1 Å². The number of fused-ring (bicyclic) bond motifs is 5. The lowest BCUT2D eigenvalue weighted by Gasteiger charge is -2.48. The molecule has 0 saturated heterocycles. The number of anilines is 1. The number of nitrogens with one attached hydrogen (secondary N) is 2. The first kappa shape index (κ1) is 21.9. The van der Waals surface area contributed by atoms with Crippen molar-refractivity contribution in [1.29, 1.82) is 0 Å². The number of aliphatic hydroxyl groups excluding tert-OH is 3. The molecule has 0 aliphatic heterocycles. The van der Waals surface area contributed by atoms with Crippen molar-refractivity contribution in [3.8, 4) is 0 Å². The average Bonchev–Trinajstić information content (AvgIpc) is 3.13. The Morgan fingerprint density at radius 2 is 2.00 bits per heavy atom. The summed E-state index contributed by atoms with van der Waals surface area (Å²) in [6.45, 7) is -0.733. The monoisotopic (exact) mass is 472 g/mol. The van der Waals surface area contributed by atoms with E-state index in [0.29, 0.717) is 5.56 Å². The number of ketones is 2. The van der Waals surface area contributed by atoms with Crippen LogP contribution in [0.2, 0.25) is 0 Å². The molecule has 13 heteroatoms. The number of Topliss-reactive ketones (excluding diaryl/α,β-unsaturated/α-hetero) is 2. The molecule has 1 fully saturated rings. The fraction of sp³-hybridized carbons (Fsp3) is 0.333. The number of carbonyl (C=O) groups excluding carboxylic acids is 3. The van der Waals surface area contributed by atoms with Crippen molar-refractivity contribution in [2.75, 3.05) is 12.5 Å². The van der Waals surface area contributed by atoms with E-state index in [2.05, 4.69) is 10.3 Å². The molecule has 0 unspecified atom stereocenters. The van der Waals surface area contributed by atoms with Crippen LogP contribution in [0.25, 0.3) is 16.9 Å². The summed E-state index contributed by atoms with van der Waals surface area (Å²) in [4.78, 5) is 52.6.